The highest BCUT2D eigenvalue weighted by Crippen LogP contribution is 2.57. The van der Waals surface area contributed by atoms with Crippen LogP contribution < -0.4 is 0 Å². The zero-order chi connectivity index (χ0) is 15.8. The summed E-state index contributed by atoms with van der Waals surface area (Å²) >= 11 is 0. The van der Waals surface area contributed by atoms with Crippen molar-refractivity contribution in [1.29, 1.82) is 0 Å². The second-order valence-corrected chi connectivity index (χ2v) is 6.80. The average molecular weight is 340 g/mol. The molecule has 0 aromatic carbocycles. The van der Waals surface area contributed by atoms with Crippen molar-refractivity contribution in [2.75, 3.05) is 13.2 Å². The first kappa shape index (κ1) is 18.1. The third-order valence-corrected chi connectivity index (χ3v) is 4.46. The monoisotopic (exact) mass is 340 g/mol. The minimum Gasteiger partial charge on any atom is -0.388 e. The smallest absolute Gasteiger partial charge is 0.388 e. The lowest BCUT2D eigenvalue weighted by molar-refractivity contribution is -0.329. The van der Waals surface area contributed by atoms with Gasteiger partial charge in [0.1, 0.15) is 24.9 Å². The number of hydrogen-bond donors (Lipinski definition) is 7. The van der Waals surface area contributed by atoms with Crippen molar-refractivity contribution in [3.05, 3.63) is 0 Å². The lowest BCUT2D eigenvalue weighted by atomic mass is 9.98. The van der Waals surface area contributed by atoms with Crippen molar-refractivity contribution in [3.8, 4) is 0 Å². The van der Waals surface area contributed by atoms with Crippen LogP contribution in [0, 0.1) is 0 Å². The van der Waals surface area contributed by atoms with Gasteiger partial charge in [-0.3, -0.25) is 4.52 Å². The van der Waals surface area contributed by atoms with Crippen molar-refractivity contribution in [1.82, 2.24) is 0 Å². The van der Waals surface area contributed by atoms with E-state index in [4.69, 9.17) is 19.8 Å². The lowest BCUT2D eigenvalue weighted by Crippen LogP contribution is -2.62. The van der Waals surface area contributed by atoms with E-state index in [0.29, 0.717) is 0 Å². The van der Waals surface area contributed by atoms with Crippen molar-refractivity contribution in [3.63, 3.8) is 0 Å². The number of rotatable bonds is 5. The Morgan fingerprint density at radius 1 is 1.20 bits per heavy atom. The second kappa shape index (κ2) is 6.05. The molecule has 1 rings (SSSR count). The van der Waals surface area contributed by atoms with Crippen molar-refractivity contribution in [2.45, 2.75) is 24.1 Å². The first-order valence-corrected chi connectivity index (χ1v) is 8.04. The van der Waals surface area contributed by atoms with E-state index in [1.54, 1.807) is 0 Å². The van der Waals surface area contributed by atoms with E-state index in [9.17, 15) is 24.4 Å². The molecule has 0 bridgehead atoms. The van der Waals surface area contributed by atoms with Gasteiger partial charge in [0.2, 0.25) is 5.79 Å². The van der Waals surface area contributed by atoms with Gasteiger partial charge in [-0.05, 0) is 0 Å². The van der Waals surface area contributed by atoms with Crippen LogP contribution in [0.4, 0.5) is 0 Å². The molecule has 1 aliphatic rings. The molecule has 14 heteroatoms. The van der Waals surface area contributed by atoms with Crippen LogP contribution in [-0.4, -0.2) is 72.4 Å². The number of ether oxygens (including phenoxy) is 1. The van der Waals surface area contributed by atoms with E-state index >= 15 is 0 Å². The van der Waals surface area contributed by atoms with Gasteiger partial charge in [0.25, 0.3) is 0 Å². The molecular formula is C6H14O12P2. The summed E-state index contributed by atoms with van der Waals surface area (Å²) in [5.74, 6) is -2.67. The molecule has 5 atom stereocenters. The lowest BCUT2D eigenvalue weighted by Gasteiger charge is -2.41. The zero-order valence-electron chi connectivity index (χ0n) is 9.71. The fourth-order valence-corrected chi connectivity index (χ4v) is 2.96. The molecule has 0 aromatic rings. The standard InChI is InChI=1S/C6H14O12P2/c7-3-1-16-6(10,5(9)4(3)8)2-17-20(14,15)18-19(11,12)13/h3-5,7-10H,1-2H2,(H,14,15)(H2,11,12,13)/t3-,4-,5+,6-/m1/s1. The molecule has 0 aliphatic carbocycles. The molecule has 1 saturated heterocycles. The number of hydrogen-bond acceptors (Lipinski definition) is 9. The minimum absolute atomic E-state index is 0.618. The minimum atomic E-state index is -5.33. The SMILES string of the molecule is O=P(O)(O)OP(=O)(O)OC[C@@]1(O)OC[C@@H](O)[C@@H](O)[C@@H]1O. The molecular weight excluding hydrogens is 326 g/mol. The van der Waals surface area contributed by atoms with Gasteiger partial charge in [-0.15, -0.1) is 0 Å². The zero-order valence-corrected chi connectivity index (χ0v) is 11.5. The van der Waals surface area contributed by atoms with Crippen LogP contribution in [0.1, 0.15) is 0 Å². The maximum absolute atomic E-state index is 11.1. The summed E-state index contributed by atoms with van der Waals surface area (Å²) in [6, 6.07) is 0. The highest BCUT2D eigenvalue weighted by atomic mass is 31.3. The molecule has 12 nitrogen and oxygen atoms in total. The predicted octanol–water partition coefficient (Wildman–Crippen LogP) is -2.99. The third kappa shape index (κ3) is 4.81. The Balaban J connectivity index is 2.68. The summed E-state index contributed by atoms with van der Waals surface area (Å²) in [6.45, 7) is -1.88. The van der Waals surface area contributed by atoms with Gasteiger partial charge in [-0.25, -0.2) is 9.13 Å². The molecule has 0 spiro atoms. The van der Waals surface area contributed by atoms with Gasteiger partial charge in [0, 0.05) is 0 Å². The fraction of sp³-hybridized carbons (Fsp3) is 1.00. The Morgan fingerprint density at radius 2 is 1.75 bits per heavy atom. The van der Waals surface area contributed by atoms with Gasteiger partial charge in [-0.1, -0.05) is 0 Å². The average Bonchev–Trinajstić information content (AvgIpc) is 2.27. The molecule has 20 heavy (non-hydrogen) atoms. The van der Waals surface area contributed by atoms with Crippen molar-refractivity contribution < 1.29 is 57.8 Å². The van der Waals surface area contributed by atoms with Crippen LogP contribution in [0.3, 0.4) is 0 Å². The molecule has 1 unspecified atom stereocenters. The summed E-state index contributed by atoms with van der Waals surface area (Å²) in [7, 11) is -10.6. The fourth-order valence-electron chi connectivity index (χ4n) is 1.35. The Bertz CT molecular complexity index is 434. The number of aliphatic hydroxyl groups is 4. The van der Waals surface area contributed by atoms with Crippen LogP contribution in [0.25, 0.3) is 0 Å². The van der Waals surface area contributed by atoms with Gasteiger partial charge >= 0.3 is 15.6 Å². The Hall–Kier alpha value is 0.0600. The van der Waals surface area contributed by atoms with Gasteiger partial charge in [0.15, 0.2) is 0 Å². The first-order valence-electron chi connectivity index (χ1n) is 5.01. The molecule has 0 radical (unpaired) electrons. The molecule has 0 amide bonds. The molecule has 7 N–H and O–H groups in total. The van der Waals surface area contributed by atoms with Gasteiger partial charge in [0.05, 0.1) is 6.61 Å². The molecule has 1 aliphatic heterocycles. The Labute approximate surface area is 112 Å². The third-order valence-electron chi connectivity index (χ3n) is 2.33. The second-order valence-electron chi connectivity index (χ2n) is 3.97. The van der Waals surface area contributed by atoms with Gasteiger partial charge in [-0.2, -0.15) is 4.31 Å². The van der Waals surface area contributed by atoms with Crippen LogP contribution in [0.5, 0.6) is 0 Å². The summed E-state index contributed by atoms with van der Waals surface area (Å²) in [5.41, 5.74) is 0. The predicted molar refractivity (Wildman–Crippen MR) is 57.8 cm³/mol. The molecule has 120 valence electrons. The van der Waals surface area contributed by atoms with Crippen LogP contribution in [0.15, 0.2) is 0 Å². The Morgan fingerprint density at radius 3 is 2.25 bits per heavy atom. The van der Waals surface area contributed by atoms with E-state index in [2.05, 4.69) is 13.6 Å². The largest absolute Gasteiger partial charge is 0.481 e. The van der Waals surface area contributed by atoms with Crippen LogP contribution in [0.2, 0.25) is 0 Å². The summed E-state index contributed by atoms with van der Waals surface area (Å²) in [4.78, 5) is 25.6. The van der Waals surface area contributed by atoms with Gasteiger partial charge < -0.3 is 39.8 Å². The van der Waals surface area contributed by atoms with E-state index in [1.807, 2.05) is 0 Å². The van der Waals surface area contributed by atoms with E-state index in [0.717, 1.165) is 0 Å². The van der Waals surface area contributed by atoms with Crippen molar-refractivity contribution >= 4 is 15.6 Å². The van der Waals surface area contributed by atoms with E-state index in [-0.39, 0.29) is 0 Å². The highest BCUT2D eigenvalue weighted by molar-refractivity contribution is 7.60. The molecule has 0 saturated carbocycles. The number of phosphoric ester groups is 1. The normalized spacial score (nSPS) is 38.5. The van der Waals surface area contributed by atoms with Crippen LogP contribution in [-0.2, 0) is 22.7 Å². The first-order chi connectivity index (χ1) is 8.86. The number of phosphoric acid groups is 2. The summed E-state index contributed by atoms with van der Waals surface area (Å²) < 4.78 is 33.6. The maximum atomic E-state index is 11.1. The van der Waals surface area contributed by atoms with Crippen LogP contribution >= 0.6 is 15.6 Å². The number of aliphatic hydroxyl groups excluding tert-OH is 3. The van der Waals surface area contributed by atoms with E-state index in [1.165, 1.54) is 0 Å². The summed E-state index contributed by atoms with van der Waals surface area (Å²) in [6.07, 6.45) is -5.42. The topological polar surface area (TPSA) is 203 Å². The van der Waals surface area contributed by atoms with E-state index < -0.39 is 53.0 Å². The van der Waals surface area contributed by atoms with Crippen molar-refractivity contribution in [2.24, 2.45) is 0 Å². The molecule has 1 fully saturated rings. The molecule has 1 heterocycles. The highest BCUT2D eigenvalue weighted by Gasteiger charge is 2.50. The summed E-state index contributed by atoms with van der Waals surface area (Å²) in [5, 5.41) is 37.7. The Kier molecular flexibility index (Phi) is 5.48. The quantitative estimate of drug-likeness (QED) is 0.250. The molecule has 0 aromatic heterocycles. The maximum Gasteiger partial charge on any atom is 0.481 e.